The Hall–Kier alpha value is -4.83. The van der Waals surface area contributed by atoms with Gasteiger partial charge in [-0.1, -0.05) is 6.42 Å². The number of unbranched alkanes of at least 4 members (excludes halogenated alkanes) is 1. The van der Waals surface area contributed by atoms with Crippen LogP contribution in [0.2, 0.25) is 0 Å². The highest BCUT2D eigenvalue weighted by atomic mass is 32.2. The summed E-state index contributed by atoms with van der Waals surface area (Å²) in [5.74, 6) is 0.129. The van der Waals surface area contributed by atoms with Crippen LogP contribution in [0.15, 0.2) is 36.4 Å². The number of rotatable bonds is 27. The SMILES string of the molecule is CCOCCO[13CH2][13CH2][13CH2]NC(=O)CCCN1C(=O)C=CC1=O.CCO[13CH2][13CH2][13CH2]NC(=O)C1CCN(C(=O)CNC(=S)Nc2ccc(NC(=O)CCCC[C@@H]3SC[C@@H]4NC(=O)N[C@@H]43)cc2)CC1. The number of ether oxygens (including phenoxy) is 3. The van der Waals surface area contributed by atoms with Crippen LogP contribution < -0.4 is 37.2 Å². The number of amides is 8. The number of hydrogen-bond donors (Lipinski definition) is 7. The fraction of sp³-hybridized carbons (Fsp3) is 0.644. The lowest BCUT2D eigenvalue weighted by Crippen LogP contribution is -2.47. The fourth-order valence-corrected chi connectivity index (χ4v) is 9.28. The molecule has 0 aromatic heterocycles. The molecule has 0 radical (unpaired) electrons. The summed E-state index contributed by atoms with van der Waals surface area (Å²) in [5, 5.41) is 21.4. The van der Waals surface area contributed by atoms with Gasteiger partial charge in [0.15, 0.2) is 5.11 Å². The highest BCUT2D eigenvalue weighted by molar-refractivity contribution is 8.00. The van der Waals surface area contributed by atoms with Gasteiger partial charge in [-0.15, -0.1) is 0 Å². The van der Waals surface area contributed by atoms with Gasteiger partial charge in [0, 0.05) is 112 Å². The predicted octanol–water partition coefficient (Wildman–Crippen LogP) is 2.67. The quantitative estimate of drug-likeness (QED) is 0.0221. The van der Waals surface area contributed by atoms with Crippen molar-refractivity contribution in [2.75, 3.05) is 95.3 Å². The molecule has 21 heteroatoms. The number of hydrogen-bond acceptors (Lipinski definition) is 12. The van der Waals surface area contributed by atoms with Crippen LogP contribution in [0.3, 0.4) is 0 Å². The summed E-state index contributed by atoms with van der Waals surface area (Å²) in [6.45, 7) is 10.2. The monoisotopic (exact) mass is 965 g/mol. The lowest BCUT2D eigenvalue weighted by molar-refractivity contribution is -0.137. The number of nitrogens with zero attached hydrogens (tertiary/aromatic N) is 2. The normalized spacial score (nSPS) is 18.8. The number of urea groups is 1. The van der Waals surface area contributed by atoms with Gasteiger partial charge >= 0.3 is 6.03 Å². The van der Waals surface area contributed by atoms with E-state index in [4.69, 9.17) is 26.4 Å². The lowest BCUT2D eigenvalue weighted by atomic mass is 9.96. The summed E-state index contributed by atoms with van der Waals surface area (Å²) in [7, 11) is 0. The molecule has 0 saturated carbocycles. The van der Waals surface area contributed by atoms with Crippen molar-refractivity contribution < 1.29 is 47.8 Å². The molecular weight excluding hydrogens is 897 g/mol. The average Bonchev–Trinajstić information content (AvgIpc) is 3.98. The first-order valence-corrected chi connectivity index (χ1v) is 24.6. The minimum atomic E-state index is -0.311. The summed E-state index contributed by atoms with van der Waals surface area (Å²) in [6, 6.07) is 7.59. The highest BCUT2D eigenvalue weighted by Gasteiger charge is 2.42. The van der Waals surface area contributed by atoms with E-state index >= 15 is 0 Å². The lowest BCUT2D eigenvalue weighted by Gasteiger charge is -2.31. The third-order valence-electron chi connectivity index (χ3n) is 11.1. The van der Waals surface area contributed by atoms with Crippen LogP contribution in [-0.2, 0) is 43.0 Å². The van der Waals surface area contributed by atoms with E-state index in [1.54, 1.807) is 17.0 Å². The van der Waals surface area contributed by atoms with E-state index < -0.39 is 0 Å². The number of carbonyl (C=O) groups excluding carboxylic acids is 7. The second kappa shape index (κ2) is 30.5. The number of piperidine rings is 1. The maximum Gasteiger partial charge on any atom is 0.315 e. The molecule has 3 saturated heterocycles. The zero-order valence-corrected chi connectivity index (χ0v) is 40.0. The molecule has 366 valence electrons. The van der Waals surface area contributed by atoms with Gasteiger partial charge in [0.2, 0.25) is 23.6 Å². The molecule has 1 aromatic rings. The number of thioether (sulfide) groups is 1. The van der Waals surface area contributed by atoms with Gasteiger partial charge < -0.3 is 56.3 Å². The molecule has 4 aliphatic heterocycles. The van der Waals surface area contributed by atoms with Gasteiger partial charge in [-0.3, -0.25) is 33.7 Å². The molecule has 0 aliphatic carbocycles. The zero-order valence-electron chi connectivity index (χ0n) is 38.3. The van der Waals surface area contributed by atoms with Crippen LogP contribution in [0.1, 0.15) is 78.1 Å². The predicted molar refractivity (Wildman–Crippen MR) is 257 cm³/mol. The van der Waals surface area contributed by atoms with Crippen LogP contribution in [0.5, 0.6) is 0 Å². The third kappa shape index (κ3) is 20.0. The van der Waals surface area contributed by atoms with Crippen molar-refractivity contribution in [1.29, 1.82) is 0 Å². The van der Waals surface area contributed by atoms with Gasteiger partial charge in [-0.2, -0.15) is 11.8 Å². The average molecular weight is 966 g/mol. The topological polar surface area (TPSA) is 238 Å². The molecular formula is C45H69N9O10S2. The number of thiocarbonyl (C=S) groups is 1. The number of anilines is 2. The Morgan fingerprint density at radius 2 is 1.36 bits per heavy atom. The molecule has 5 rings (SSSR count). The van der Waals surface area contributed by atoms with Crippen molar-refractivity contribution >= 4 is 81.9 Å². The number of nitrogens with one attached hydrogen (secondary N) is 7. The molecule has 3 atom stereocenters. The van der Waals surface area contributed by atoms with Crippen LogP contribution >= 0.6 is 24.0 Å². The Bertz CT molecular complexity index is 1760. The zero-order chi connectivity index (χ0) is 47.5. The number of likely N-dealkylation sites (tertiary alicyclic amines) is 1. The highest BCUT2D eigenvalue weighted by Crippen LogP contribution is 2.33. The van der Waals surface area contributed by atoms with Crippen LogP contribution in [0.4, 0.5) is 16.2 Å². The summed E-state index contributed by atoms with van der Waals surface area (Å²) in [5.41, 5.74) is 1.44. The molecule has 0 unspecified atom stereocenters. The molecule has 4 heterocycles. The van der Waals surface area contributed by atoms with Gasteiger partial charge in [0.05, 0.1) is 31.8 Å². The molecule has 19 nitrogen and oxygen atoms in total. The summed E-state index contributed by atoms with van der Waals surface area (Å²) in [4.78, 5) is 86.0. The van der Waals surface area contributed by atoms with Gasteiger partial charge in [-0.25, -0.2) is 4.79 Å². The summed E-state index contributed by atoms with van der Waals surface area (Å²) >= 11 is 7.25. The summed E-state index contributed by atoms with van der Waals surface area (Å²) in [6.07, 6.45) is 9.23. The van der Waals surface area contributed by atoms with E-state index in [1.807, 2.05) is 37.7 Å². The second-order valence-corrected chi connectivity index (χ2v) is 17.8. The molecule has 66 heavy (non-hydrogen) atoms. The van der Waals surface area contributed by atoms with Crippen molar-refractivity contribution in [2.45, 2.75) is 95.4 Å². The van der Waals surface area contributed by atoms with Crippen molar-refractivity contribution in [1.82, 2.24) is 36.4 Å². The van der Waals surface area contributed by atoms with Gasteiger partial charge in [0.25, 0.3) is 11.8 Å². The number of carbonyl (C=O) groups is 7. The Labute approximate surface area is 397 Å². The van der Waals surface area contributed by atoms with E-state index in [9.17, 15) is 33.6 Å². The largest absolute Gasteiger partial charge is 0.382 e. The minimum Gasteiger partial charge on any atom is -0.382 e. The maximum absolute atomic E-state index is 12.7. The first-order chi connectivity index (χ1) is 32.0. The standard InChI is InChI=1S/C30H45N7O5S2.C15H24N2O5/c1-2-42-17-5-14-31-28(40)20-12-15-37(16-13-20)26(39)18-32-30(43)34-22-10-8-21(9-11-22)33-25(38)7-4-3-6-24-27-23(19-44-24)35-29(41)36-27;1-2-21-11-12-22-10-4-8-16-13(18)5-3-9-17-14(19)6-7-15(17)20/h8-11,20,23-24,27H,2-7,12-19H2,1H3,(H,31,40)(H,33,38)(H2,32,34,43)(H2,35,36,41);6-7H,2-5,8-12H2,1H3,(H,16,18)/t23-,24-,27-;/m0./s1/i5+1,14+1,17+1;4+1,8+1,10+1. The second-order valence-electron chi connectivity index (χ2n) is 16.1. The Morgan fingerprint density at radius 1 is 0.742 bits per heavy atom. The number of fused-ring (bicyclic) bond motifs is 1. The van der Waals surface area contributed by atoms with Crippen molar-refractivity contribution in [2.24, 2.45) is 5.92 Å². The van der Waals surface area contributed by atoms with Gasteiger partial charge in [0.1, 0.15) is 0 Å². The van der Waals surface area contributed by atoms with Crippen molar-refractivity contribution in [3.8, 4) is 0 Å². The first kappa shape index (κ1) is 53.8. The Kier molecular flexibility index (Phi) is 24.8. The molecule has 8 amide bonds. The Balaban J connectivity index is 0.000000364. The van der Waals surface area contributed by atoms with Crippen molar-refractivity contribution in [3.05, 3.63) is 36.4 Å². The fourth-order valence-electron chi connectivity index (χ4n) is 7.55. The van der Waals surface area contributed by atoms with Crippen molar-refractivity contribution in [3.63, 3.8) is 0 Å². The van der Waals surface area contributed by atoms with Crippen LogP contribution in [0, 0.1) is 5.92 Å². The Morgan fingerprint density at radius 3 is 2.06 bits per heavy atom. The minimum absolute atomic E-state index is 0.0311. The number of benzene rings is 1. The smallest absolute Gasteiger partial charge is 0.315 e. The van der Waals surface area contributed by atoms with E-state index in [1.165, 1.54) is 12.2 Å². The first-order valence-electron chi connectivity index (χ1n) is 23.2. The summed E-state index contributed by atoms with van der Waals surface area (Å²) < 4.78 is 15.7. The van der Waals surface area contributed by atoms with E-state index in [-0.39, 0.29) is 72.6 Å². The van der Waals surface area contributed by atoms with E-state index in [0.29, 0.717) is 114 Å². The molecule has 0 spiro atoms. The molecule has 4 aliphatic rings. The molecule has 3 fully saturated rings. The molecule has 7 N–H and O–H groups in total. The van der Waals surface area contributed by atoms with Gasteiger partial charge in [-0.05, 0) is 95.3 Å². The number of imide groups is 1. The van der Waals surface area contributed by atoms with Crippen LogP contribution in [0.25, 0.3) is 0 Å². The molecule has 1 aromatic carbocycles. The molecule has 0 bridgehead atoms. The third-order valence-corrected chi connectivity index (χ3v) is 12.9. The van der Waals surface area contributed by atoms with E-state index in [2.05, 4.69) is 37.2 Å². The van der Waals surface area contributed by atoms with E-state index in [0.717, 1.165) is 48.4 Å². The maximum atomic E-state index is 12.7. The van der Waals surface area contributed by atoms with Crippen LogP contribution in [-0.4, -0.2) is 158 Å².